The predicted octanol–water partition coefficient (Wildman–Crippen LogP) is 0.184. The number of amides is 1. The van der Waals surface area contributed by atoms with Crippen molar-refractivity contribution >= 4 is 15.9 Å². The molecule has 0 aromatic carbocycles. The van der Waals surface area contributed by atoms with Crippen molar-refractivity contribution in [1.82, 2.24) is 9.62 Å². The molecule has 1 saturated heterocycles. The van der Waals surface area contributed by atoms with Gasteiger partial charge in [-0.05, 0) is 26.7 Å². The number of piperidine rings is 1. The third-order valence-corrected chi connectivity index (χ3v) is 4.71. The van der Waals surface area contributed by atoms with E-state index in [0.717, 1.165) is 12.8 Å². The predicted molar refractivity (Wildman–Crippen MR) is 62.4 cm³/mol. The molecule has 1 fully saturated rings. The van der Waals surface area contributed by atoms with Crippen LogP contribution in [0.1, 0.15) is 26.7 Å². The lowest BCUT2D eigenvalue weighted by Gasteiger charge is -2.30. The number of hydrogen-bond donors (Lipinski definition) is 1. The van der Waals surface area contributed by atoms with Crippen LogP contribution >= 0.6 is 0 Å². The molecule has 1 N–H and O–H groups in total. The van der Waals surface area contributed by atoms with Gasteiger partial charge in [0.2, 0.25) is 15.9 Å². The number of sulfonamides is 1. The van der Waals surface area contributed by atoms with Crippen LogP contribution in [-0.4, -0.2) is 44.0 Å². The summed E-state index contributed by atoms with van der Waals surface area (Å²) >= 11 is 0. The van der Waals surface area contributed by atoms with Gasteiger partial charge in [-0.1, -0.05) is 0 Å². The van der Waals surface area contributed by atoms with Crippen LogP contribution in [0.15, 0.2) is 0 Å². The molecule has 0 bridgehead atoms. The quantitative estimate of drug-likeness (QED) is 0.772. The molecule has 94 valence electrons. The Hall–Kier alpha value is -0.620. The summed E-state index contributed by atoms with van der Waals surface area (Å²) < 4.78 is 24.8. The molecule has 1 aliphatic heterocycles. The monoisotopic (exact) mass is 248 g/mol. The topological polar surface area (TPSA) is 66.5 Å². The molecule has 5 nitrogen and oxygen atoms in total. The van der Waals surface area contributed by atoms with Gasteiger partial charge in [-0.2, -0.15) is 0 Å². The molecule has 0 aromatic rings. The Bertz CT molecular complexity index is 340. The van der Waals surface area contributed by atoms with E-state index in [-0.39, 0.29) is 17.6 Å². The Kier molecular flexibility index (Phi) is 4.73. The standard InChI is InChI=1S/C10H20N2O3S/c1-3-11-10(13)9-6-5-7-12(8-9)16(14,15)4-2/h9H,3-8H2,1-2H3,(H,11,13). The summed E-state index contributed by atoms with van der Waals surface area (Å²) in [6, 6.07) is 0. The number of carbonyl (C=O) groups excluding carboxylic acids is 1. The Labute approximate surface area is 97.2 Å². The Morgan fingerprint density at radius 1 is 1.44 bits per heavy atom. The van der Waals surface area contributed by atoms with E-state index < -0.39 is 10.0 Å². The molecule has 1 aliphatic rings. The van der Waals surface area contributed by atoms with E-state index >= 15 is 0 Å². The molecule has 0 aliphatic carbocycles. The van der Waals surface area contributed by atoms with Crippen molar-refractivity contribution in [3.63, 3.8) is 0 Å². The van der Waals surface area contributed by atoms with Crippen LogP contribution in [0.3, 0.4) is 0 Å². The Morgan fingerprint density at radius 3 is 2.69 bits per heavy atom. The largest absolute Gasteiger partial charge is 0.356 e. The van der Waals surface area contributed by atoms with E-state index in [1.54, 1.807) is 6.92 Å². The molecule has 6 heteroatoms. The number of carbonyl (C=O) groups is 1. The van der Waals surface area contributed by atoms with Gasteiger partial charge in [0.1, 0.15) is 0 Å². The molecule has 0 spiro atoms. The van der Waals surface area contributed by atoms with Gasteiger partial charge in [-0.15, -0.1) is 0 Å². The van der Waals surface area contributed by atoms with Crippen LogP contribution in [0.25, 0.3) is 0 Å². The third-order valence-electron chi connectivity index (χ3n) is 2.86. The summed E-state index contributed by atoms with van der Waals surface area (Å²) in [5, 5.41) is 2.74. The summed E-state index contributed by atoms with van der Waals surface area (Å²) in [5.74, 6) is -0.108. The van der Waals surface area contributed by atoms with Crippen molar-refractivity contribution < 1.29 is 13.2 Å². The van der Waals surface area contributed by atoms with Crippen molar-refractivity contribution in [3.05, 3.63) is 0 Å². The van der Waals surface area contributed by atoms with Crippen molar-refractivity contribution in [3.8, 4) is 0 Å². The van der Waals surface area contributed by atoms with E-state index in [4.69, 9.17) is 0 Å². The first-order valence-electron chi connectivity index (χ1n) is 5.76. The van der Waals surface area contributed by atoms with E-state index in [1.165, 1.54) is 4.31 Å². The molecule has 1 unspecified atom stereocenters. The van der Waals surface area contributed by atoms with E-state index in [9.17, 15) is 13.2 Å². The van der Waals surface area contributed by atoms with E-state index in [0.29, 0.717) is 19.6 Å². The fourth-order valence-corrected chi connectivity index (χ4v) is 3.09. The van der Waals surface area contributed by atoms with Crippen LogP contribution in [0.5, 0.6) is 0 Å². The SMILES string of the molecule is CCNC(=O)C1CCCN(S(=O)(=O)CC)C1. The van der Waals surface area contributed by atoms with Crippen molar-refractivity contribution in [2.75, 3.05) is 25.4 Å². The van der Waals surface area contributed by atoms with Crippen molar-refractivity contribution in [2.24, 2.45) is 5.92 Å². The van der Waals surface area contributed by atoms with Gasteiger partial charge < -0.3 is 5.32 Å². The molecule has 16 heavy (non-hydrogen) atoms. The lowest BCUT2D eigenvalue weighted by atomic mass is 9.99. The molecule has 1 heterocycles. The summed E-state index contributed by atoms with van der Waals surface area (Å²) in [6.07, 6.45) is 1.54. The maximum atomic E-state index is 11.7. The highest BCUT2D eigenvalue weighted by Gasteiger charge is 2.30. The minimum absolute atomic E-state index is 0.0292. The molecule has 0 radical (unpaired) electrons. The van der Waals surface area contributed by atoms with Gasteiger partial charge in [-0.3, -0.25) is 4.79 Å². The zero-order valence-corrected chi connectivity index (χ0v) is 10.7. The average Bonchev–Trinajstić information content (AvgIpc) is 2.29. The fourth-order valence-electron chi connectivity index (χ4n) is 1.91. The second-order valence-corrected chi connectivity index (χ2v) is 6.25. The highest BCUT2D eigenvalue weighted by molar-refractivity contribution is 7.89. The number of hydrogen-bond acceptors (Lipinski definition) is 3. The van der Waals surface area contributed by atoms with Crippen LogP contribution in [0.4, 0.5) is 0 Å². The Balaban J connectivity index is 2.64. The van der Waals surface area contributed by atoms with Gasteiger partial charge >= 0.3 is 0 Å². The number of nitrogens with one attached hydrogen (secondary N) is 1. The third kappa shape index (κ3) is 3.18. The zero-order chi connectivity index (χ0) is 12.2. The molecular formula is C10H20N2O3S. The van der Waals surface area contributed by atoms with E-state index in [2.05, 4.69) is 5.32 Å². The van der Waals surface area contributed by atoms with Crippen LogP contribution < -0.4 is 5.32 Å². The maximum Gasteiger partial charge on any atom is 0.224 e. The second kappa shape index (κ2) is 5.63. The first-order valence-corrected chi connectivity index (χ1v) is 7.37. The maximum absolute atomic E-state index is 11.7. The summed E-state index contributed by atoms with van der Waals surface area (Å²) in [4.78, 5) is 11.6. The molecule has 1 atom stereocenters. The minimum atomic E-state index is -3.15. The number of rotatable bonds is 4. The van der Waals surface area contributed by atoms with Gasteiger partial charge in [0.15, 0.2) is 0 Å². The first-order chi connectivity index (χ1) is 7.51. The van der Waals surface area contributed by atoms with Gasteiger partial charge in [0.25, 0.3) is 0 Å². The second-order valence-electron chi connectivity index (χ2n) is 3.99. The zero-order valence-electron chi connectivity index (χ0n) is 9.90. The van der Waals surface area contributed by atoms with Gasteiger partial charge in [-0.25, -0.2) is 12.7 Å². The highest BCUT2D eigenvalue weighted by atomic mass is 32.2. The van der Waals surface area contributed by atoms with Crippen molar-refractivity contribution in [2.45, 2.75) is 26.7 Å². The first kappa shape index (κ1) is 13.4. The van der Waals surface area contributed by atoms with Gasteiger partial charge in [0, 0.05) is 19.6 Å². The van der Waals surface area contributed by atoms with Crippen LogP contribution in [0.2, 0.25) is 0 Å². The molecule has 0 saturated carbocycles. The van der Waals surface area contributed by atoms with Crippen LogP contribution in [0, 0.1) is 5.92 Å². The fraction of sp³-hybridized carbons (Fsp3) is 0.900. The smallest absolute Gasteiger partial charge is 0.224 e. The Morgan fingerprint density at radius 2 is 2.12 bits per heavy atom. The molecule has 1 rings (SSSR count). The molecule has 0 aromatic heterocycles. The summed E-state index contributed by atoms with van der Waals surface area (Å²) in [6.45, 7) is 4.97. The normalized spacial score (nSPS) is 23.0. The lowest BCUT2D eigenvalue weighted by molar-refractivity contribution is -0.125. The number of nitrogens with zero attached hydrogens (tertiary/aromatic N) is 1. The molecular weight excluding hydrogens is 228 g/mol. The van der Waals surface area contributed by atoms with Gasteiger partial charge in [0.05, 0.1) is 11.7 Å². The van der Waals surface area contributed by atoms with Crippen molar-refractivity contribution in [1.29, 1.82) is 0 Å². The molecule has 1 amide bonds. The highest BCUT2D eigenvalue weighted by Crippen LogP contribution is 2.19. The van der Waals surface area contributed by atoms with E-state index in [1.807, 2.05) is 6.92 Å². The average molecular weight is 248 g/mol. The minimum Gasteiger partial charge on any atom is -0.356 e. The lowest BCUT2D eigenvalue weighted by Crippen LogP contribution is -2.45. The summed E-state index contributed by atoms with van der Waals surface area (Å²) in [5.41, 5.74) is 0. The summed E-state index contributed by atoms with van der Waals surface area (Å²) in [7, 11) is -3.15. The van der Waals surface area contributed by atoms with Crippen LogP contribution in [-0.2, 0) is 14.8 Å².